The summed E-state index contributed by atoms with van der Waals surface area (Å²) >= 11 is 12.0. The molecular formula is C19H18Cl2F5N3. The minimum Gasteiger partial charge on any atom is -0.312 e. The van der Waals surface area contributed by atoms with Gasteiger partial charge in [-0.3, -0.25) is 0 Å². The van der Waals surface area contributed by atoms with Crippen molar-refractivity contribution < 1.29 is 22.0 Å². The van der Waals surface area contributed by atoms with Crippen molar-refractivity contribution >= 4 is 23.2 Å². The van der Waals surface area contributed by atoms with E-state index in [4.69, 9.17) is 23.2 Å². The highest BCUT2D eigenvalue weighted by Gasteiger charge is 2.63. The molecule has 0 bridgehead atoms. The van der Waals surface area contributed by atoms with Gasteiger partial charge in [0.15, 0.2) is 5.82 Å². The lowest BCUT2D eigenvalue weighted by atomic mass is 9.87. The maximum Gasteiger partial charge on any atom is 0.394 e. The number of nitrogens with zero attached hydrogens (tertiary/aromatic N) is 2. The smallest absolute Gasteiger partial charge is 0.312 e. The number of nitrogens with one attached hydrogen (secondary N) is 1. The third-order valence-electron chi connectivity index (χ3n) is 5.17. The first kappa shape index (κ1) is 22.2. The van der Waals surface area contributed by atoms with E-state index in [-0.39, 0.29) is 25.8 Å². The number of rotatable bonds is 8. The molecule has 1 fully saturated rings. The Bertz CT molecular complexity index is 839. The molecule has 3 nitrogen and oxygen atoms in total. The van der Waals surface area contributed by atoms with Gasteiger partial charge in [-0.2, -0.15) is 13.2 Å². The molecule has 3 rings (SSSR count). The number of hydrogen-bond acceptors (Lipinski definition) is 3. The van der Waals surface area contributed by atoms with E-state index in [1.165, 1.54) is 12.4 Å². The number of alkyl halides is 5. The van der Waals surface area contributed by atoms with Crippen LogP contribution in [0.3, 0.4) is 0 Å². The number of halogens is 7. The summed E-state index contributed by atoms with van der Waals surface area (Å²) in [5.74, 6) is -1.23. The fourth-order valence-electron chi connectivity index (χ4n) is 3.25. The molecule has 0 amide bonds. The average molecular weight is 454 g/mol. The van der Waals surface area contributed by atoms with Crippen LogP contribution in [0, 0.1) is 5.41 Å². The van der Waals surface area contributed by atoms with E-state index in [0.29, 0.717) is 22.2 Å². The van der Waals surface area contributed by atoms with Crippen molar-refractivity contribution in [2.24, 2.45) is 5.41 Å². The SMILES string of the molecule is FC(F)c1ncc(C(CNCc2ccc(Cl)cc2Cl)CC2(C(F)(F)F)CC2)cn1. The fourth-order valence-corrected chi connectivity index (χ4v) is 3.73. The van der Waals surface area contributed by atoms with Gasteiger partial charge in [0.05, 0.1) is 5.41 Å². The molecule has 1 aliphatic carbocycles. The summed E-state index contributed by atoms with van der Waals surface area (Å²) in [5.41, 5.74) is -0.603. The van der Waals surface area contributed by atoms with Crippen LogP contribution in [0.2, 0.25) is 10.0 Å². The molecule has 2 aromatic rings. The van der Waals surface area contributed by atoms with Crippen LogP contribution in [0.25, 0.3) is 0 Å². The maximum atomic E-state index is 13.4. The van der Waals surface area contributed by atoms with E-state index < -0.39 is 29.8 Å². The Kier molecular flexibility index (Phi) is 6.65. The Balaban J connectivity index is 1.73. The molecule has 158 valence electrons. The molecule has 1 aromatic heterocycles. The van der Waals surface area contributed by atoms with Crippen LogP contribution >= 0.6 is 23.2 Å². The Hall–Kier alpha value is -1.51. The molecule has 1 saturated carbocycles. The predicted molar refractivity (Wildman–Crippen MR) is 100 cm³/mol. The summed E-state index contributed by atoms with van der Waals surface area (Å²) in [6.45, 7) is 0.510. The van der Waals surface area contributed by atoms with Gasteiger partial charge in [-0.1, -0.05) is 29.3 Å². The van der Waals surface area contributed by atoms with Gasteiger partial charge in [0.2, 0.25) is 0 Å². The van der Waals surface area contributed by atoms with Crippen LogP contribution in [0.15, 0.2) is 30.6 Å². The number of hydrogen-bond donors (Lipinski definition) is 1. The zero-order chi connectivity index (χ0) is 21.2. The normalized spacial score (nSPS) is 16.8. The first-order chi connectivity index (χ1) is 13.6. The molecule has 10 heteroatoms. The molecule has 1 heterocycles. The molecular weight excluding hydrogens is 436 g/mol. The van der Waals surface area contributed by atoms with Gasteiger partial charge in [-0.25, -0.2) is 18.7 Å². The van der Waals surface area contributed by atoms with E-state index in [0.717, 1.165) is 5.56 Å². The highest BCUT2D eigenvalue weighted by atomic mass is 35.5. The van der Waals surface area contributed by atoms with Crippen LogP contribution in [0.1, 0.15) is 48.6 Å². The number of benzene rings is 1. The Morgan fingerprint density at radius 2 is 1.76 bits per heavy atom. The second-order valence-corrected chi connectivity index (χ2v) is 8.06. The minimum atomic E-state index is -4.31. The summed E-state index contributed by atoms with van der Waals surface area (Å²) in [4.78, 5) is 7.19. The topological polar surface area (TPSA) is 37.8 Å². The molecule has 0 aliphatic heterocycles. The monoisotopic (exact) mass is 453 g/mol. The second-order valence-electron chi connectivity index (χ2n) is 7.22. The lowest BCUT2D eigenvalue weighted by molar-refractivity contribution is -0.190. The highest BCUT2D eigenvalue weighted by Crippen LogP contribution is 2.62. The first-order valence-corrected chi connectivity index (χ1v) is 9.68. The molecule has 29 heavy (non-hydrogen) atoms. The van der Waals surface area contributed by atoms with Crippen molar-refractivity contribution in [2.75, 3.05) is 6.54 Å². The quantitative estimate of drug-likeness (QED) is 0.474. The average Bonchev–Trinajstić information content (AvgIpc) is 3.43. The molecule has 0 radical (unpaired) electrons. The van der Waals surface area contributed by atoms with Crippen molar-refractivity contribution in [1.29, 1.82) is 0 Å². The van der Waals surface area contributed by atoms with Crippen LogP contribution in [0.5, 0.6) is 0 Å². The molecule has 0 spiro atoms. The fraction of sp³-hybridized carbons (Fsp3) is 0.474. The van der Waals surface area contributed by atoms with Gasteiger partial charge in [-0.05, 0) is 42.5 Å². The lowest BCUT2D eigenvalue weighted by Crippen LogP contribution is -2.30. The zero-order valence-corrected chi connectivity index (χ0v) is 16.6. The minimum absolute atomic E-state index is 0.0615. The van der Waals surface area contributed by atoms with Crippen molar-refractivity contribution in [1.82, 2.24) is 15.3 Å². The van der Waals surface area contributed by atoms with Gasteiger partial charge in [0.25, 0.3) is 6.43 Å². The molecule has 1 aliphatic rings. The van der Waals surface area contributed by atoms with Gasteiger partial charge < -0.3 is 5.32 Å². The standard InChI is InChI=1S/C19H18Cl2F5N3/c20-14-2-1-11(15(21)5-14)7-27-8-12(6-18(3-4-18)19(24,25)26)13-9-28-17(16(22)23)29-10-13/h1-2,5,9-10,12,16,27H,3-4,6-8H2. The third-order valence-corrected chi connectivity index (χ3v) is 5.76. The maximum absolute atomic E-state index is 13.4. The largest absolute Gasteiger partial charge is 0.394 e. The summed E-state index contributed by atoms with van der Waals surface area (Å²) in [6, 6.07) is 4.98. The van der Waals surface area contributed by atoms with Gasteiger partial charge in [-0.15, -0.1) is 0 Å². The van der Waals surface area contributed by atoms with E-state index in [1.807, 2.05) is 0 Å². The Morgan fingerprint density at radius 3 is 2.28 bits per heavy atom. The zero-order valence-electron chi connectivity index (χ0n) is 15.1. The molecule has 1 atom stereocenters. The molecule has 0 saturated heterocycles. The van der Waals surface area contributed by atoms with E-state index in [1.54, 1.807) is 18.2 Å². The van der Waals surface area contributed by atoms with Crippen LogP contribution in [-0.2, 0) is 6.54 Å². The van der Waals surface area contributed by atoms with E-state index in [9.17, 15) is 22.0 Å². The first-order valence-electron chi connectivity index (χ1n) is 8.93. The molecule has 1 aromatic carbocycles. The Morgan fingerprint density at radius 1 is 1.10 bits per heavy atom. The molecule has 1 unspecified atom stereocenters. The van der Waals surface area contributed by atoms with Crippen LogP contribution in [-0.4, -0.2) is 22.7 Å². The van der Waals surface area contributed by atoms with Crippen molar-refractivity contribution in [3.05, 3.63) is 57.6 Å². The third kappa shape index (κ3) is 5.35. The van der Waals surface area contributed by atoms with Crippen LogP contribution in [0.4, 0.5) is 22.0 Å². The van der Waals surface area contributed by atoms with Gasteiger partial charge >= 0.3 is 6.18 Å². The van der Waals surface area contributed by atoms with Crippen LogP contribution < -0.4 is 5.32 Å². The van der Waals surface area contributed by atoms with Gasteiger partial charge in [0.1, 0.15) is 0 Å². The molecule has 1 N–H and O–H groups in total. The summed E-state index contributed by atoms with van der Waals surface area (Å²) < 4.78 is 65.7. The summed E-state index contributed by atoms with van der Waals surface area (Å²) in [5, 5.41) is 4.03. The van der Waals surface area contributed by atoms with Crippen molar-refractivity contribution in [3.8, 4) is 0 Å². The highest BCUT2D eigenvalue weighted by molar-refractivity contribution is 6.35. The van der Waals surface area contributed by atoms with Crippen molar-refractivity contribution in [2.45, 2.75) is 44.3 Å². The lowest BCUT2D eigenvalue weighted by Gasteiger charge is -2.26. The number of aromatic nitrogens is 2. The predicted octanol–water partition coefficient (Wildman–Crippen LogP) is 6.33. The summed E-state index contributed by atoms with van der Waals surface area (Å²) in [6.07, 6.45) is -4.81. The van der Waals surface area contributed by atoms with E-state index in [2.05, 4.69) is 15.3 Å². The summed E-state index contributed by atoms with van der Waals surface area (Å²) in [7, 11) is 0. The van der Waals surface area contributed by atoms with Crippen molar-refractivity contribution in [3.63, 3.8) is 0 Å². The Labute approximate surface area is 174 Å². The van der Waals surface area contributed by atoms with E-state index >= 15 is 0 Å². The van der Waals surface area contributed by atoms with Gasteiger partial charge in [0, 0.05) is 41.4 Å². The second kappa shape index (κ2) is 8.70.